The summed E-state index contributed by atoms with van der Waals surface area (Å²) in [5, 5.41) is 13.1. The Morgan fingerprint density at radius 1 is 0.575 bits per heavy atom. The number of fused-ring (bicyclic) bond motifs is 2. The minimum atomic E-state index is -1.40. The summed E-state index contributed by atoms with van der Waals surface area (Å²) < 4.78 is 39.2. The van der Waals surface area contributed by atoms with Crippen molar-refractivity contribution in [2.45, 2.75) is 107 Å². The summed E-state index contributed by atoms with van der Waals surface area (Å²) in [6.45, 7) is 0.0370. The average molecular weight is 1250 g/mol. The first-order chi connectivity index (χ1) is 41.6. The third-order valence-electron chi connectivity index (χ3n) is 15.9. The third kappa shape index (κ3) is 17.6. The predicted octanol–water partition coefficient (Wildman–Crippen LogP) is 1.53. The van der Waals surface area contributed by atoms with E-state index in [1.54, 1.807) is 29.6 Å². The molecule has 0 bridgehead atoms. The number of carbonyl (C=O) groups excluding carboxylic acids is 10. The van der Waals surface area contributed by atoms with Gasteiger partial charge in [-0.15, -0.1) is 11.3 Å². The molecule has 23 nitrogen and oxygen atoms in total. The van der Waals surface area contributed by atoms with E-state index in [1.807, 2.05) is 0 Å². The number of likely N-dealkylation sites (N-methyl/N-ethyl adjacent to an activating group) is 3. The van der Waals surface area contributed by atoms with Crippen LogP contribution >= 0.6 is 22.9 Å². The lowest BCUT2D eigenvalue weighted by molar-refractivity contribution is -0.152. The highest BCUT2D eigenvalue weighted by Gasteiger charge is 2.45. The van der Waals surface area contributed by atoms with Gasteiger partial charge < -0.3 is 60.1 Å². The number of benzene rings is 3. The molecular formula is C60H74ClF2N11O12S. The lowest BCUT2D eigenvalue weighted by Crippen LogP contribution is -2.65. The number of aromatic nitrogens is 1. The van der Waals surface area contributed by atoms with Gasteiger partial charge in [0.15, 0.2) is 0 Å². The first-order valence-corrected chi connectivity index (χ1v) is 29.8. The highest BCUT2D eigenvalue weighted by molar-refractivity contribution is 7.07. The molecule has 0 unspecified atom stereocenters. The van der Waals surface area contributed by atoms with E-state index in [1.165, 1.54) is 117 Å². The van der Waals surface area contributed by atoms with Crippen molar-refractivity contribution >= 4 is 82.0 Å². The van der Waals surface area contributed by atoms with E-state index < -0.39 is 132 Å². The maximum atomic E-state index is 15.2. The molecule has 3 aliphatic heterocycles. The second-order valence-corrected chi connectivity index (χ2v) is 23.0. The summed E-state index contributed by atoms with van der Waals surface area (Å²) in [5.74, 6) is -8.48. The Morgan fingerprint density at radius 2 is 1.09 bits per heavy atom. The van der Waals surface area contributed by atoms with Crippen LogP contribution in [0, 0.1) is 11.6 Å². The summed E-state index contributed by atoms with van der Waals surface area (Å²) >= 11 is 7.50. The van der Waals surface area contributed by atoms with Crippen LogP contribution in [0.4, 0.5) is 8.78 Å². The number of hydrogen-bond donors (Lipinski definition) is 4. The number of methoxy groups -OCH3 is 2. The van der Waals surface area contributed by atoms with Crippen LogP contribution < -0.4 is 21.3 Å². The largest absolute Gasteiger partial charge is 0.385 e. The molecule has 0 saturated carbocycles. The number of hydrogen-bond acceptors (Lipinski definition) is 14. The van der Waals surface area contributed by atoms with Crippen molar-refractivity contribution in [3.63, 3.8) is 0 Å². The van der Waals surface area contributed by atoms with Crippen molar-refractivity contribution in [3.05, 3.63) is 123 Å². The van der Waals surface area contributed by atoms with Crippen molar-refractivity contribution < 1.29 is 66.2 Å². The molecule has 3 aromatic carbocycles. The Kier molecular flexibility index (Phi) is 23.8. The molecule has 4 N–H and O–H groups in total. The van der Waals surface area contributed by atoms with Gasteiger partial charge in [-0.05, 0) is 85.7 Å². The van der Waals surface area contributed by atoms with Gasteiger partial charge in [0.05, 0.1) is 30.9 Å². The van der Waals surface area contributed by atoms with E-state index in [0.717, 1.165) is 19.6 Å². The van der Waals surface area contributed by atoms with E-state index in [9.17, 15) is 47.1 Å². The molecule has 4 aromatic rings. The molecule has 3 saturated heterocycles. The lowest BCUT2D eigenvalue weighted by Gasteiger charge is -2.42. The predicted molar refractivity (Wildman–Crippen MR) is 315 cm³/mol. The molecule has 3 fully saturated rings. The number of halogens is 3. The fourth-order valence-electron chi connectivity index (χ4n) is 10.7. The Hall–Kier alpha value is -7.94. The third-order valence-corrected chi connectivity index (χ3v) is 16.7. The fraction of sp³-hybridized carbons (Fsp3) is 0.483. The van der Waals surface area contributed by atoms with Gasteiger partial charge in [0.2, 0.25) is 59.1 Å². The van der Waals surface area contributed by atoms with Crippen molar-refractivity contribution in [3.8, 4) is 0 Å². The van der Waals surface area contributed by atoms with Crippen LogP contribution in [-0.4, -0.2) is 223 Å². The quantitative estimate of drug-likeness (QED) is 0.140. The molecule has 7 rings (SSSR count). The Balaban J connectivity index is 1.27. The molecule has 0 radical (unpaired) electrons. The minimum absolute atomic E-state index is 0.0153. The summed E-state index contributed by atoms with van der Waals surface area (Å²) in [7, 11) is 6.83. The molecule has 10 amide bonds. The van der Waals surface area contributed by atoms with Gasteiger partial charge in [-0.3, -0.25) is 47.9 Å². The molecule has 0 spiro atoms. The fourth-order valence-corrected chi connectivity index (χ4v) is 11.4. The maximum Gasteiger partial charge on any atom is 0.246 e. The summed E-state index contributed by atoms with van der Waals surface area (Å²) in [5.41, 5.74) is 3.40. The lowest BCUT2D eigenvalue weighted by atomic mass is 9.96. The molecule has 87 heavy (non-hydrogen) atoms. The topological polar surface area (TPSA) is 270 Å². The Morgan fingerprint density at radius 3 is 1.66 bits per heavy atom. The zero-order chi connectivity index (χ0) is 63.1. The number of amides is 10. The van der Waals surface area contributed by atoms with Crippen LogP contribution in [0.2, 0.25) is 5.02 Å². The van der Waals surface area contributed by atoms with Crippen LogP contribution in [0.1, 0.15) is 55.0 Å². The van der Waals surface area contributed by atoms with E-state index >= 15 is 9.59 Å². The highest BCUT2D eigenvalue weighted by atomic mass is 35.5. The van der Waals surface area contributed by atoms with Crippen LogP contribution in [0.25, 0.3) is 0 Å². The molecule has 0 aliphatic carbocycles. The molecule has 27 heteroatoms. The molecule has 3 aliphatic rings. The molecule has 8 atom stereocenters. The minimum Gasteiger partial charge on any atom is -0.385 e. The summed E-state index contributed by atoms with van der Waals surface area (Å²) in [6.07, 6.45) is -0.0651. The van der Waals surface area contributed by atoms with Gasteiger partial charge >= 0.3 is 0 Å². The van der Waals surface area contributed by atoms with Gasteiger partial charge in [-0.2, -0.15) is 0 Å². The van der Waals surface area contributed by atoms with E-state index in [2.05, 4.69) is 26.3 Å². The van der Waals surface area contributed by atoms with E-state index in [0.29, 0.717) is 33.8 Å². The molecular weight excluding hydrogens is 1170 g/mol. The Labute approximate surface area is 512 Å². The zero-order valence-electron chi connectivity index (χ0n) is 49.4. The first kappa shape index (κ1) is 66.6. The number of carbonyl (C=O) groups is 10. The van der Waals surface area contributed by atoms with Crippen molar-refractivity contribution in [1.82, 2.24) is 55.7 Å². The standard InChI is InChI=1S/C60H74ClF2N11O12S/c1-36-55(79)72(25-27-86-6)33-52(76)65-46(29-38-11-17-41(62)18-12-38)59(83)74-24-21-49(74)54(78)68-45(28-37-9-15-40(61)16-10-37)58(82)71(4)50(30-39-13-19-42(63)20-14-39)60(84)73-23-7-8-48(73)53(77)67-44(22-26-85-5)56(80)69(2)32-51(75)66-47(57(81)70(36)3)31-43-34-87-35-64-43/h9-20,34-36,44-50H,7-8,21-33H2,1-6H3,(H,65,76)(H,66,75)(H,67,77)(H,68,78)/t36-,44+,45+,46+,47+,48-,49+,50+/m1/s1. The second kappa shape index (κ2) is 31.1. The van der Waals surface area contributed by atoms with Gasteiger partial charge in [-0.25, -0.2) is 13.8 Å². The van der Waals surface area contributed by atoms with Crippen LogP contribution in [0.5, 0.6) is 0 Å². The second-order valence-electron chi connectivity index (χ2n) is 21.9. The normalized spacial score (nSPS) is 24.1. The average Bonchev–Trinajstić information content (AvgIpc) is 3.72. The molecule has 4 heterocycles. The number of thiazole rings is 1. The molecule has 468 valence electrons. The monoisotopic (exact) mass is 1250 g/mol. The zero-order valence-corrected chi connectivity index (χ0v) is 51.0. The van der Waals surface area contributed by atoms with Crippen molar-refractivity contribution in [2.75, 3.05) is 81.3 Å². The van der Waals surface area contributed by atoms with E-state index in [-0.39, 0.29) is 77.8 Å². The van der Waals surface area contributed by atoms with Crippen LogP contribution in [0.3, 0.4) is 0 Å². The number of ether oxygens (including phenoxy) is 2. The maximum absolute atomic E-state index is 15.2. The highest BCUT2D eigenvalue weighted by Crippen LogP contribution is 2.25. The summed E-state index contributed by atoms with van der Waals surface area (Å²) in [6, 6.07) is 6.60. The number of nitrogens with zero attached hydrogens (tertiary/aromatic N) is 7. The smallest absolute Gasteiger partial charge is 0.246 e. The van der Waals surface area contributed by atoms with Crippen molar-refractivity contribution in [1.29, 1.82) is 0 Å². The Bertz CT molecular complexity index is 3090. The molecule has 1 aromatic heterocycles. The van der Waals surface area contributed by atoms with Crippen LogP contribution in [0.15, 0.2) is 83.7 Å². The van der Waals surface area contributed by atoms with Gasteiger partial charge in [0, 0.05) is 97.7 Å². The SMILES string of the molecule is COCC[C@@H]1NC(=O)[C@H]2CCCN2C(=O)[C@H](Cc2ccc(F)cc2)N(C)C(=O)[C@H](Cc2ccc(Cl)cc2)NC(=O)[C@@H]2CCN2C(=O)[C@H](Cc2ccc(F)cc2)NC(=O)CN(CCOC)C(=O)[C@@H](C)N(C)C(=O)[C@H](Cc2cscn2)NC(=O)CN(C)C1=O. The summed E-state index contributed by atoms with van der Waals surface area (Å²) in [4.78, 5) is 157. The van der Waals surface area contributed by atoms with Gasteiger partial charge in [0.25, 0.3) is 0 Å². The number of nitrogens with one attached hydrogen (secondary N) is 4. The number of rotatable bonds is 14. The van der Waals surface area contributed by atoms with Gasteiger partial charge in [-0.1, -0.05) is 48.0 Å². The van der Waals surface area contributed by atoms with E-state index in [4.69, 9.17) is 21.1 Å². The van der Waals surface area contributed by atoms with Crippen molar-refractivity contribution in [2.24, 2.45) is 0 Å². The van der Waals surface area contributed by atoms with Crippen LogP contribution in [-0.2, 0) is 83.1 Å². The van der Waals surface area contributed by atoms with Gasteiger partial charge in [0.1, 0.15) is 60.0 Å². The first-order valence-electron chi connectivity index (χ1n) is 28.5.